The van der Waals surface area contributed by atoms with Gasteiger partial charge in [0.05, 0.1) is 19.4 Å². The van der Waals surface area contributed by atoms with Gasteiger partial charge in [-0.05, 0) is 37.8 Å². The average molecular weight is 251 g/mol. The van der Waals surface area contributed by atoms with E-state index in [2.05, 4.69) is 12.1 Å². The highest BCUT2D eigenvalue weighted by molar-refractivity contribution is 5.81. The van der Waals surface area contributed by atoms with Gasteiger partial charge in [-0.3, -0.25) is 0 Å². The van der Waals surface area contributed by atoms with Crippen molar-refractivity contribution in [3.63, 3.8) is 0 Å². The second-order valence-corrected chi connectivity index (χ2v) is 4.13. The first-order valence-corrected chi connectivity index (χ1v) is 6.19. The number of aryl methyl sites for hydroxylation is 1. The largest absolute Gasteiger partial charge is 0.493 e. The minimum Gasteiger partial charge on any atom is -0.493 e. The Labute approximate surface area is 108 Å². The van der Waals surface area contributed by atoms with Crippen LogP contribution in [0.2, 0.25) is 0 Å². The lowest BCUT2D eigenvalue weighted by molar-refractivity contribution is 0.291. The van der Waals surface area contributed by atoms with Crippen molar-refractivity contribution in [3.05, 3.63) is 23.8 Å². The highest BCUT2D eigenvalue weighted by atomic mass is 16.5. The van der Waals surface area contributed by atoms with Crippen LogP contribution in [0.1, 0.15) is 32.3 Å². The first-order valence-electron chi connectivity index (χ1n) is 6.19. The van der Waals surface area contributed by atoms with E-state index >= 15 is 0 Å². The van der Waals surface area contributed by atoms with Crippen molar-refractivity contribution in [2.75, 3.05) is 13.7 Å². The summed E-state index contributed by atoms with van der Waals surface area (Å²) in [5.41, 5.74) is 1.78. The summed E-state index contributed by atoms with van der Waals surface area (Å²) in [5, 5.41) is 11.8. The maximum atomic E-state index is 8.66. The van der Waals surface area contributed by atoms with E-state index in [9.17, 15) is 0 Å². The Morgan fingerprint density at radius 3 is 2.78 bits per heavy atom. The third-order valence-corrected chi connectivity index (χ3v) is 2.66. The SMILES string of the molecule is CCCOc1c(CC/C(C)=N/O)cccc1OC. The minimum absolute atomic E-state index is 0.667. The molecule has 0 unspecified atom stereocenters. The van der Waals surface area contributed by atoms with Crippen molar-refractivity contribution < 1.29 is 14.7 Å². The molecular formula is C14H21NO3. The van der Waals surface area contributed by atoms with Gasteiger partial charge in [0.15, 0.2) is 11.5 Å². The van der Waals surface area contributed by atoms with Crippen molar-refractivity contribution in [2.24, 2.45) is 5.16 Å². The molecule has 0 aliphatic carbocycles. The summed E-state index contributed by atoms with van der Waals surface area (Å²) in [5.74, 6) is 1.55. The normalized spacial score (nSPS) is 11.4. The van der Waals surface area contributed by atoms with Gasteiger partial charge < -0.3 is 14.7 Å². The van der Waals surface area contributed by atoms with Gasteiger partial charge >= 0.3 is 0 Å². The topological polar surface area (TPSA) is 51.0 Å². The van der Waals surface area contributed by atoms with Crippen LogP contribution < -0.4 is 9.47 Å². The zero-order chi connectivity index (χ0) is 13.4. The monoisotopic (exact) mass is 251 g/mol. The highest BCUT2D eigenvalue weighted by Crippen LogP contribution is 2.32. The van der Waals surface area contributed by atoms with Crippen LogP contribution in [0.25, 0.3) is 0 Å². The van der Waals surface area contributed by atoms with E-state index in [1.165, 1.54) is 0 Å². The summed E-state index contributed by atoms with van der Waals surface area (Å²) >= 11 is 0. The van der Waals surface area contributed by atoms with Gasteiger partial charge in [0.25, 0.3) is 0 Å². The van der Waals surface area contributed by atoms with E-state index in [0.717, 1.165) is 29.9 Å². The maximum Gasteiger partial charge on any atom is 0.164 e. The highest BCUT2D eigenvalue weighted by Gasteiger charge is 2.10. The number of oxime groups is 1. The molecule has 4 nitrogen and oxygen atoms in total. The summed E-state index contributed by atoms with van der Waals surface area (Å²) in [6.45, 7) is 4.53. The van der Waals surface area contributed by atoms with Crippen LogP contribution in [0.4, 0.5) is 0 Å². The number of para-hydroxylation sites is 1. The Bertz CT molecular complexity index is 402. The van der Waals surface area contributed by atoms with Crippen LogP contribution in [0.15, 0.2) is 23.4 Å². The predicted molar refractivity (Wildman–Crippen MR) is 72.0 cm³/mol. The molecule has 0 fully saturated rings. The van der Waals surface area contributed by atoms with Crippen LogP contribution in [-0.4, -0.2) is 24.6 Å². The second kappa shape index (κ2) is 7.58. The maximum absolute atomic E-state index is 8.66. The van der Waals surface area contributed by atoms with Crippen molar-refractivity contribution in [3.8, 4) is 11.5 Å². The molecule has 1 aromatic carbocycles. The molecule has 0 bridgehead atoms. The standard InChI is InChI=1S/C14H21NO3/c1-4-10-18-14-12(9-8-11(2)15-16)6-5-7-13(14)17-3/h5-7,16H,4,8-10H2,1-3H3/b15-11+. The van der Waals surface area contributed by atoms with E-state index in [0.29, 0.717) is 18.7 Å². The van der Waals surface area contributed by atoms with Crippen molar-refractivity contribution >= 4 is 5.71 Å². The summed E-state index contributed by atoms with van der Waals surface area (Å²) in [7, 11) is 1.64. The van der Waals surface area contributed by atoms with Crippen molar-refractivity contribution in [1.29, 1.82) is 0 Å². The number of methoxy groups -OCH3 is 1. The van der Waals surface area contributed by atoms with Gasteiger partial charge in [-0.1, -0.05) is 24.2 Å². The van der Waals surface area contributed by atoms with Crippen LogP contribution in [0, 0.1) is 0 Å². The second-order valence-electron chi connectivity index (χ2n) is 4.13. The van der Waals surface area contributed by atoms with E-state index in [1.54, 1.807) is 14.0 Å². The van der Waals surface area contributed by atoms with Crippen LogP contribution in [0.3, 0.4) is 0 Å². The number of hydrogen-bond acceptors (Lipinski definition) is 4. The molecule has 0 aliphatic rings. The molecule has 0 saturated carbocycles. The minimum atomic E-state index is 0.667. The zero-order valence-corrected chi connectivity index (χ0v) is 11.3. The zero-order valence-electron chi connectivity index (χ0n) is 11.3. The van der Waals surface area contributed by atoms with Gasteiger partial charge in [0, 0.05) is 0 Å². The molecular weight excluding hydrogens is 230 g/mol. The van der Waals surface area contributed by atoms with Crippen LogP contribution in [0.5, 0.6) is 11.5 Å². The van der Waals surface area contributed by atoms with Crippen molar-refractivity contribution in [2.45, 2.75) is 33.1 Å². The fraction of sp³-hybridized carbons (Fsp3) is 0.500. The molecule has 0 spiro atoms. The van der Waals surface area contributed by atoms with Gasteiger partial charge in [0.2, 0.25) is 0 Å². The Balaban J connectivity index is 2.87. The van der Waals surface area contributed by atoms with Gasteiger partial charge in [-0.25, -0.2) is 0 Å². The molecule has 1 aromatic rings. The molecule has 0 saturated heterocycles. The third-order valence-electron chi connectivity index (χ3n) is 2.66. The molecule has 0 heterocycles. The number of rotatable bonds is 7. The van der Waals surface area contributed by atoms with E-state index in [-0.39, 0.29) is 0 Å². The van der Waals surface area contributed by atoms with E-state index in [4.69, 9.17) is 14.7 Å². The fourth-order valence-corrected chi connectivity index (χ4v) is 1.65. The molecule has 18 heavy (non-hydrogen) atoms. The molecule has 0 aromatic heterocycles. The molecule has 0 aliphatic heterocycles. The molecule has 1 N–H and O–H groups in total. The summed E-state index contributed by atoms with van der Waals surface area (Å²) < 4.78 is 11.1. The fourth-order valence-electron chi connectivity index (χ4n) is 1.65. The van der Waals surface area contributed by atoms with Crippen LogP contribution >= 0.6 is 0 Å². The van der Waals surface area contributed by atoms with Gasteiger partial charge in [-0.2, -0.15) is 0 Å². The lowest BCUT2D eigenvalue weighted by atomic mass is 10.1. The number of benzene rings is 1. The van der Waals surface area contributed by atoms with Gasteiger partial charge in [-0.15, -0.1) is 0 Å². The molecule has 1 rings (SSSR count). The lowest BCUT2D eigenvalue weighted by Gasteiger charge is -2.14. The summed E-state index contributed by atoms with van der Waals surface area (Å²) in [6.07, 6.45) is 2.42. The molecule has 0 radical (unpaired) electrons. The quantitative estimate of drug-likeness (QED) is 0.459. The van der Waals surface area contributed by atoms with E-state index in [1.807, 2.05) is 18.2 Å². The third kappa shape index (κ3) is 3.95. The molecule has 0 atom stereocenters. The lowest BCUT2D eigenvalue weighted by Crippen LogP contribution is -2.03. The summed E-state index contributed by atoms with van der Waals surface area (Å²) in [6, 6.07) is 5.85. The van der Waals surface area contributed by atoms with Crippen LogP contribution in [-0.2, 0) is 6.42 Å². The predicted octanol–water partition coefficient (Wildman–Crippen LogP) is 3.27. The average Bonchev–Trinajstić information content (AvgIpc) is 2.42. The summed E-state index contributed by atoms with van der Waals surface area (Å²) in [4.78, 5) is 0. The number of hydrogen-bond donors (Lipinski definition) is 1. The Hall–Kier alpha value is -1.71. The Morgan fingerprint density at radius 1 is 1.39 bits per heavy atom. The first kappa shape index (κ1) is 14.4. The Morgan fingerprint density at radius 2 is 2.17 bits per heavy atom. The number of ether oxygens (including phenoxy) is 2. The van der Waals surface area contributed by atoms with E-state index < -0.39 is 0 Å². The van der Waals surface area contributed by atoms with Crippen molar-refractivity contribution in [1.82, 2.24) is 0 Å². The van der Waals surface area contributed by atoms with Gasteiger partial charge in [0.1, 0.15) is 0 Å². The molecule has 0 amide bonds. The number of nitrogens with zero attached hydrogens (tertiary/aromatic N) is 1. The molecule has 100 valence electrons. The molecule has 4 heteroatoms. The first-order chi connectivity index (χ1) is 8.72. The smallest absolute Gasteiger partial charge is 0.164 e. The Kier molecular flexibility index (Phi) is 6.05.